The summed E-state index contributed by atoms with van der Waals surface area (Å²) in [4.78, 5) is 10.7. The molecule has 15 heavy (non-hydrogen) atoms. The number of nitrogens with two attached hydrogens (primary N) is 1. The predicted molar refractivity (Wildman–Crippen MR) is 58.6 cm³/mol. The second kappa shape index (κ2) is 5.24. The molecule has 0 unspecified atom stereocenters. The zero-order chi connectivity index (χ0) is 11.3. The normalized spacial score (nSPS) is 9.73. The quantitative estimate of drug-likeness (QED) is 0.594. The van der Waals surface area contributed by atoms with E-state index in [9.17, 15) is 4.79 Å². The molecule has 4 heteroatoms. The van der Waals surface area contributed by atoms with Gasteiger partial charge in [-0.2, -0.15) is 0 Å². The van der Waals surface area contributed by atoms with Crippen LogP contribution in [0.5, 0.6) is 11.5 Å². The lowest BCUT2D eigenvalue weighted by molar-refractivity contribution is 0.112. The number of ether oxygens (including phenoxy) is 2. The maximum absolute atomic E-state index is 10.7. The minimum absolute atomic E-state index is 0.357. The summed E-state index contributed by atoms with van der Waals surface area (Å²) in [5, 5.41) is 0. The van der Waals surface area contributed by atoms with Crippen LogP contribution in [0.3, 0.4) is 0 Å². The van der Waals surface area contributed by atoms with Gasteiger partial charge in [0, 0.05) is 11.6 Å². The summed E-state index contributed by atoms with van der Waals surface area (Å²) in [5.74, 6) is 1.09. The third-order valence-corrected chi connectivity index (χ3v) is 1.89. The van der Waals surface area contributed by atoms with Crippen molar-refractivity contribution in [1.82, 2.24) is 0 Å². The molecule has 1 rings (SSSR count). The van der Waals surface area contributed by atoms with Gasteiger partial charge >= 0.3 is 0 Å². The Hall–Kier alpha value is -1.71. The molecule has 0 aliphatic rings. The van der Waals surface area contributed by atoms with E-state index in [0.29, 0.717) is 42.2 Å². The first-order valence-corrected chi connectivity index (χ1v) is 4.87. The first kappa shape index (κ1) is 11.4. The number of rotatable bonds is 5. The van der Waals surface area contributed by atoms with E-state index in [4.69, 9.17) is 15.2 Å². The summed E-state index contributed by atoms with van der Waals surface area (Å²) in [5.41, 5.74) is 6.48. The highest BCUT2D eigenvalue weighted by atomic mass is 16.5. The van der Waals surface area contributed by atoms with Crippen molar-refractivity contribution in [2.45, 2.75) is 13.8 Å². The monoisotopic (exact) mass is 209 g/mol. The third kappa shape index (κ3) is 2.62. The van der Waals surface area contributed by atoms with Crippen molar-refractivity contribution in [3.63, 3.8) is 0 Å². The van der Waals surface area contributed by atoms with Crippen molar-refractivity contribution in [2.24, 2.45) is 0 Å². The van der Waals surface area contributed by atoms with Crippen LogP contribution >= 0.6 is 0 Å². The van der Waals surface area contributed by atoms with Gasteiger partial charge in [-0.1, -0.05) is 0 Å². The fourth-order valence-electron chi connectivity index (χ4n) is 1.24. The van der Waals surface area contributed by atoms with Crippen molar-refractivity contribution in [3.05, 3.63) is 17.7 Å². The smallest absolute Gasteiger partial charge is 0.152 e. The Morgan fingerprint density at radius 1 is 1.27 bits per heavy atom. The van der Waals surface area contributed by atoms with Crippen molar-refractivity contribution in [1.29, 1.82) is 0 Å². The lowest BCUT2D eigenvalue weighted by atomic mass is 10.1. The van der Waals surface area contributed by atoms with Crippen LogP contribution in [0.25, 0.3) is 0 Å². The molecule has 1 aromatic rings. The van der Waals surface area contributed by atoms with E-state index in [1.54, 1.807) is 12.1 Å². The summed E-state index contributed by atoms with van der Waals surface area (Å²) in [6.45, 7) is 4.76. The number of benzene rings is 1. The van der Waals surface area contributed by atoms with Crippen LogP contribution in [0.15, 0.2) is 12.1 Å². The molecular formula is C11H15NO3. The van der Waals surface area contributed by atoms with Crippen molar-refractivity contribution in [2.75, 3.05) is 18.9 Å². The van der Waals surface area contributed by atoms with E-state index in [1.807, 2.05) is 13.8 Å². The highest BCUT2D eigenvalue weighted by molar-refractivity contribution is 5.86. The molecule has 0 heterocycles. The molecule has 0 saturated carbocycles. The second-order valence-corrected chi connectivity index (χ2v) is 2.91. The van der Waals surface area contributed by atoms with Gasteiger partial charge in [0.1, 0.15) is 11.5 Å². The lowest BCUT2D eigenvalue weighted by Gasteiger charge is -2.11. The maximum atomic E-state index is 10.7. The summed E-state index contributed by atoms with van der Waals surface area (Å²) in [7, 11) is 0. The topological polar surface area (TPSA) is 61.5 Å². The minimum Gasteiger partial charge on any atom is -0.494 e. The van der Waals surface area contributed by atoms with Crippen LogP contribution in [-0.4, -0.2) is 19.5 Å². The molecule has 0 radical (unpaired) electrons. The molecule has 2 N–H and O–H groups in total. The summed E-state index contributed by atoms with van der Waals surface area (Å²) >= 11 is 0. The van der Waals surface area contributed by atoms with Gasteiger partial charge < -0.3 is 15.2 Å². The van der Waals surface area contributed by atoms with Gasteiger partial charge in [0.15, 0.2) is 6.29 Å². The fourth-order valence-corrected chi connectivity index (χ4v) is 1.24. The van der Waals surface area contributed by atoms with Crippen LogP contribution in [0, 0.1) is 0 Å². The fraction of sp³-hybridized carbons (Fsp3) is 0.364. The predicted octanol–water partition coefficient (Wildman–Crippen LogP) is 1.88. The van der Waals surface area contributed by atoms with Gasteiger partial charge in [-0.25, -0.2) is 0 Å². The molecule has 0 saturated heterocycles. The Labute approximate surface area is 89.0 Å². The molecule has 0 bridgehead atoms. The van der Waals surface area contributed by atoms with Gasteiger partial charge in [-0.15, -0.1) is 0 Å². The molecule has 0 aliphatic heterocycles. The second-order valence-electron chi connectivity index (χ2n) is 2.91. The van der Waals surface area contributed by atoms with Gasteiger partial charge in [-0.3, -0.25) is 4.79 Å². The Balaban J connectivity index is 3.12. The largest absolute Gasteiger partial charge is 0.494 e. The number of hydrogen-bond acceptors (Lipinski definition) is 4. The van der Waals surface area contributed by atoms with Crippen LogP contribution in [0.1, 0.15) is 24.2 Å². The first-order valence-electron chi connectivity index (χ1n) is 4.87. The highest BCUT2D eigenvalue weighted by Gasteiger charge is 2.09. The maximum Gasteiger partial charge on any atom is 0.152 e. The minimum atomic E-state index is 0.357. The number of anilines is 1. The van der Waals surface area contributed by atoms with E-state index in [0.717, 1.165) is 0 Å². The molecule has 0 atom stereocenters. The number of carbonyl (C=O) groups excluding carboxylic acids is 1. The van der Waals surface area contributed by atoms with E-state index < -0.39 is 0 Å². The number of aldehydes is 1. The Bertz CT molecular complexity index is 350. The van der Waals surface area contributed by atoms with Crippen LogP contribution in [0.4, 0.5) is 5.69 Å². The molecule has 4 nitrogen and oxygen atoms in total. The Kier molecular flexibility index (Phi) is 3.97. The van der Waals surface area contributed by atoms with Gasteiger partial charge in [0.25, 0.3) is 0 Å². The molecule has 0 aliphatic carbocycles. The Morgan fingerprint density at radius 2 is 1.93 bits per heavy atom. The van der Waals surface area contributed by atoms with E-state index in [1.165, 1.54) is 0 Å². The highest BCUT2D eigenvalue weighted by Crippen LogP contribution is 2.30. The molecular weight excluding hydrogens is 194 g/mol. The number of carbonyl (C=O) groups is 1. The van der Waals surface area contributed by atoms with E-state index in [2.05, 4.69) is 0 Å². The average molecular weight is 209 g/mol. The van der Waals surface area contributed by atoms with E-state index in [-0.39, 0.29) is 0 Å². The number of nitrogen functional groups attached to an aromatic ring is 1. The summed E-state index contributed by atoms with van der Waals surface area (Å²) in [6.07, 6.45) is 0.695. The standard InChI is InChI=1S/C11H15NO3/c1-3-14-9-5-8(7-13)11(12)10(6-9)15-4-2/h5-7H,3-4,12H2,1-2H3. The zero-order valence-electron chi connectivity index (χ0n) is 8.95. The molecule has 0 aromatic heterocycles. The van der Waals surface area contributed by atoms with Gasteiger partial charge in [-0.05, 0) is 19.9 Å². The molecule has 82 valence electrons. The zero-order valence-corrected chi connectivity index (χ0v) is 8.95. The Morgan fingerprint density at radius 3 is 2.47 bits per heavy atom. The molecule has 0 fully saturated rings. The van der Waals surface area contributed by atoms with Crippen LogP contribution in [-0.2, 0) is 0 Å². The van der Waals surface area contributed by atoms with Crippen LogP contribution in [0.2, 0.25) is 0 Å². The van der Waals surface area contributed by atoms with Gasteiger partial charge in [0.2, 0.25) is 0 Å². The van der Waals surface area contributed by atoms with Crippen LogP contribution < -0.4 is 15.2 Å². The van der Waals surface area contributed by atoms with Crippen molar-refractivity contribution >= 4 is 12.0 Å². The summed E-state index contributed by atoms with van der Waals surface area (Å²) < 4.78 is 10.6. The third-order valence-electron chi connectivity index (χ3n) is 1.89. The van der Waals surface area contributed by atoms with Crippen molar-refractivity contribution < 1.29 is 14.3 Å². The SMILES string of the molecule is CCOc1cc(C=O)c(N)c(OCC)c1. The molecule has 0 amide bonds. The van der Waals surface area contributed by atoms with Crippen molar-refractivity contribution in [3.8, 4) is 11.5 Å². The lowest BCUT2D eigenvalue weighted by Crippen LogP contribution is -2.02. The number of hydrogen-bond donors (Lipinski definition) is 1. The summed E-state index contributed by atoms with van der Waals surface area (Å²) in [6, 6.07) is 3.30. The van der Waals surface area contributed by atoms with Gasteiger partial charge in [0.05, 0.1) is 18.9 Å². The molecule has 1 aromatic carbocycles. The molecule has 0 spiro atoms. The first-order chi connectivity index (χ1) is 7.22. The van der Waals surface area contributed by atoms with E-state index >= 15 is 0 Å². The average Bonchev–Trinajstić information content (AvgIpc) is 2.23.